The van der Waals surface area contributed by atoms with Crippen LogP contribution in [0.1, 0.15) is 11.4 Å². The van der Waals surface area contributed by atoms with Crippen molar-refractivity contribution in [1.82, 2.24) is 9.97 Å². The van der Waals surface area contributed by atoms with Crippen LogP contribution in [0, 0.1) is 18.3 Å². The second kappa shape index (κ2) is 5.52. The molecule has 0 aliphatic heterocycles. The molecule has 0 unspecified atom stereocenters. The van der Waals surface area contributed by atoms with E-state index in [0.717, 1.165) is 16.3 Å². The first kappa shape index (κ1) is 12.4. The molecule has 18 heavy (non-hydrogen) atoms. The smallest absolute Gasteiger partial charge is 0.228 e. The maximum Gasteiger partial charge on any atom is 0.228 e. The Kier molecular flexibility index (Phi) is 3.80. The highest BCUT2D eigenvalue weighted by atomic mass is 32.2. The lowest BCUT2D eigenvalue weighted by molar-refractivity contribution is 1.09. The average Bonchev–Trinajstić information content (AvgIpc) is 2.38. The van der Waals surface area contributed by atoms with E-state index in [-0.39, 0.29) is 0 Å². The Morgan fingerprint density at radius 2 is 2.11 bits per heavy atom. The maximum atomic E-state index is 8.86. The molecule has 2 rings (SSSR count). The highest BCUT2D eigenvalue weighted by Crippen LogP contribution is 2.21. The third-order valence-corrected chi connectivity index (χ3v) is 3.02. The Hall–Kier alpha value is -2.06. The Bertz CT molecular complexity index is 604. The fourth-order valence-electron chi connectivity index (χ4n) is 1.51. The molecular formula is C13H12N4S. The van der Waals surface area contributed by atoms with E-state index in [1.807, 2.05) is 43.5 Å². The summed E-state index contributed by atoms with van der Waals surface area (Å²) in [5.74, 6) is 0.449. The minimum absolute atomic E-state index is 0.367. The quantitative estimate of drug-likeness (QED) is 0.855. The second-order valence-corrected chi connectivity index (χ2v) is 4.57. The van der Waals surface area contributed by atoms with Crippen LogP contribution in [-0.2, 0) is 0 Å². The van der Waals surface area contributed by atoms with Crippen molar-refractivity contribution in [3.05, 3.63) is 41.7 Å². The molecule has 0 aliphatic carbocycles. The number of thioether (sulfide) groups is 1. The average molecular weight is 256 g/mol. The molecule has 1 aromatic heterocycles. The summed E-state index contributed by atoms with van der Waals surface area (Å²) in [5, 5.41) is 12.0. The SMILES string of the molecule is CSc1cccc(Nc2nc(C)cc(C#N)n2)c1. The summed E-state index contributed by atoms with van der Waals surface area (Å²) in [7, 11) is 0. The van der Waals surface area contributed by atoms with Gasteiger partial charge in [-0.3, -0.25) is 0 Å². The van der Waals surface area contributed by atoms with E-state index >= 15 is 0 Å². The summed E-state index contributed by atoms with van der Waals surface area (Å²) in [5.41, 5.74) is 2.05. The molecule has 0 atom stereocenters. The largest absolute Gasteiger partial charge is 0.324 e. The van der Waals surface area contributed by atoms with Crippen LogP contribution in [0.4, 0.5) is 11.6 Å². The molecule has 1 aromatic carbocycles. The predicted molar refractivity (Wildman–Crippen MR) is 73.0 cm³/mol. The highest BCUT2D eigenvalue weighted by molar-refractivity contribution is 7.98. The third-order valence-electron chi connectivity index (χ3n) is 2.29. The molecule has 0 aliphatic rings. The zero-order valence-electron chi connectivity index (χ0n) is 10.1. The van der Waals surface area contributed by atoms with Gasteiger partial charge in [-0.2, -0.15) is 5.26 Å². The molecule has 0 amide bonds. The van der Waals surface area contributed by atoms with Crippen molar-refractivity contribution in [2.24, 2.45) is 0 Å². The van der Waals surface area contributed by atoms with Crippen LogP contribution >= 0.6 is 11.8 Å². The number of aryl methyl sites for hydroxylation is 1. The van der Waals surface area contributed by atoms with Gasteiger partial charge in [0.15, 0.2) is 0 Å². The molecule has 4 nitrogen and oxygen atoms in total. The molecule has 0 spiro atoms. The van der Waals surface area contributed by atoms with Gasteiger partial charge in [0, 0.05) is 16.3 Å². The number of rotatable bonds is 3. The van der Waals surface area contributed by atoms with E-state index in [9.17, 15) is 0 Å². The standard InChI is InChI=1S/C13H12N4S/c1-9-6-11(8-14)17-13(15-9)16-10-4-3-5-12(7-10)18-2/h3-7H,1-2H3,(H,15,16,17). The van der Waals surface area contributed by atoms with Crippen LogP contribution in [-0.4, -0.2) is 16.2 Å². The van der Waals surface area contributed by atoms with Gasteiger partial charge in [0.2, 0.25) is 5.95 Å². The summed E-state index contributed by atoms with van der Waals surface area (Å²) >= 11 is 1.67. The number of hydrogen-bond donors (Lipinski definition) is 1. The monoisotopic (exact) mass is 256 g/mol. The Morgan fingerprint density at radius 1 is 1.28 bits per heavy atom. The van der Waals surface area contributed by atoms with Crippen molar-refractivity contribution < 1.29 is 0 Å². The van der Waals surface area contributed by atoms with Gasteiger partial charge in [-0.05, 0) is 37.4 Å². The lowest BCUT2D eigenvalue weighted by atomic mass is 10.3. The first-order valence-corrected chi connectivity index (χ1v) is 6.60. The van der Waals surface area contributed by atoms with Crippen LogP contribution in [0.25, 0.3) is 0 Å². The number of anilines is 2. The molecule has 0 bridgehead atoms. The van der Waals surface area contributed by atoms with Crippen LogP contribution in [0.2, 0.25) is 0 Å². The summed E-state index contributed by atoms with van der Waals surface area (Å²) < 4.78 is 0. The molecule has 2 aromatic rings. The first-order valence-electron chi connectivity index (χ1n) is 5.38. The Morgan fingerprint density at radius 3 is 2.83 bits per heavy atom. The fraction of sp³-hybridized carbons (Fsp3) is 0.154. The molecule has 0 saturated carbocycles. The number of benzene rings is 1. The zero-order chi connectivity index (χ0) is 13.0. The molecular weight excluding hydrogens is 244 g/mol. The molecule has 0 fully saturated rings. The van der Waals surface area contributed by atoms with Gasteiger partial charge in [-0.15, -0.1) is 11.8 Å². The van der Waals surface area contributed by atoms with Gasteiger partial charge in [-0.1, -0.05) is 6.07 Å². The van der Waals surface area contributed by atoms with Gasteiger partial charge in [-0.25, -0.2) is 9.97 Å². The number of aromatic nitrogens is 2. The van der Waals surface area contributed by atoms with E-state index in [0.29, 0.717) is 11.6 Å². The van der Waals surface area contributed by atoms with E-state index in [1.165, 1.54) is 0 Å². The van der Waals surface area contributed by atoms with Crippen molar-refractivity contribution in [2.75, 3.05) is 11.6 Å². The molecule has 90 valence electrons. The molecule has 5 heteroatoms. The molecule has 0 radical (unpaired) electrons. The van der Waals surface area contributed by atoms with Crippen molar-refractivity contribution in [1.29, 1.82) is 5.26 Å². The van der Waals surface area contributed by atoms with Crippen molar-refractivity contribution >= 4 is 23.4 Å². The lowest BCUT2D eigenvalue weighted by Gasteiger charge is -2.06. The van der Waals surface area contributed by atoms with E-state index in [2.05, 4.69) is 15.3 Å². The fourth-order valence-corrected chi connectivity index (χ4v) is 1.97. The number of nitrogens with one attached hydrogen (secondary N) is 1. The van der Waals surface area contributed by atoms with E-state index in [1.54, 1.807) is 17.8 Å². The number of nitriles is 1. The topological polar surface area (TPSA) is 61.6 Å². The summed E-state index contributed by atoms with van der Waals surface area (Å²) in [6.07, 6.45) is 2.02. The van der Waals surface area contributed by atoms with Crippen LogP contribution in [0.3, 0.4) is 0 Å². The summed E-state index contributed by atoms with van der Waals surface area (Å²) in [4.78, 5) is 9.53. The van der Waals surface area contributed by atoms with Gasteiger partial charge in [0.1, 0.15) is 11.8 Å². The van der Waals surface area contributed by atoms with Crippen LogP contribution in [0.5, 0.6) is 0 Å². The zero-order valence-corrected chi connectivity index (χ0v) is 11.0. The third kappa shape index (κ3) is 2.99. The minimum Gasteiger partial charge on any atom is -0.324 e. The first-order chi connectivity index (χ1) is 8.71. The summed E-state index contributed by atoms with van der Waals surface area (Å²) in [6.45, 7) is 1.84. The summed E-state index contributed by atoms with van der Waals surface area (Å²) in [6, 6.07) is 11.6. The van der Waals surface area contributed by atoms with Crippen LogP contribution < -0.4 is 5.32 Å². The number of hydrogen-bond acceptors (Lipinski definition) is 5. The molecule has 0 saturated heterocycles. The van der Waals surface area contributed by atoms with Gasteiger partial charge in [0.05, 0.1) is 0 Å². The van der Waals surface area contributed by atoms with Gasteiger partial charge < -0.3 is 5.32 Å². The predicted octanol–water partition coefficient (Wildman–Crippen LogP) is 3.12. The molecule has 1 heterocycles. The van der Waals surface area contributed by atoms with Gasteiger partial charge in [0.25, 0.3) is 0 Å². The highest BCUT2D eigenvalue weighted by Gasteiger charge is 2.02. The second-order valence-electron chi connectivity index (χ2n) is 3.69. The number of nitrogens with zero attached hydrogens (tertiary/aromatic N) is 3. The van der Waals surface area contributed by atoms with Crippen molar-refractivity contribution in [3.8, 4) is 6.07 Å². The van der Waals surface area contributed by atoms with Gasteiger partial charge >= 0.3 is 0 Å². The van der Waals surface area contributed by atoms with E-state index < -0.39 is 0 Å². The van der Waals surface area contributed by atoms with Crippen molar-refractivity contribution in [3.63, 3.8) is 0 Å². The minimum atomic E-state index is 0.367. The normalized spacial score (nSPS) is 9.83. The van der Waals surface area contributed by atoms with E-state index in [4.69, 9.17) is 5.26 Å². The van der Waals surface area contributed by atoms with Crippen molar-refractivity contribution in [2.45, 2.75) is 11.8 Å². The van der Waals surface area contributed by atoms with Crippen LogP contribution in [0.15, 0.2) is 35.2 Å². The maximum absolute atomic E-state index is 8.86. The lowest BCUT2D eigenvalue weighted by Crippen LogP contribution is -2.00. The Balaban J connectivity index is 2.28. The molecule has 1 N–H and O–H groups in total. The Labute approximate surface area is 110 Å².